The Hall–Kier alpha value is -3.12. The van der Waals surface area contributed by atoms with Gasteiger partial charge in [-0.2, -0.15) is 5.26 Å². The third-order valence-corrected chi connectivity index (χ3v) is 7.69. The van der Waals surface area contributed by atoms with Gasteiger partial charge in [0.15, 0.2) is 0 Å². The van der Waals surface area contributed by atoms with Crippen LogP contribution in [0.15, 0.2) is 58.2 Å². The number of anilines is 1. The quantitative estimate of drug-likeness (QED) is 0.572. The van der Waals surface area contributed by atoms with Crippen LogP contribution in [0, 0.1) is 11.3 Å². The fraction of sp³-hybridized carbons (Fsp3) is 0.346. The molecule has 0 saturated carbocycles. The normalized spacial score (nSPS) is 16.7. The largest absolute Gasteiger partial charge is 0.324 e. The number of carbonyl (C=O) groups excluding carboxylic acids is 1. The lowest BCUT2D eigenvalue weighted by Crippen LogP contribution is -2.43. The van der Waals surface area contributed by atoms with Crippen LogP contribution in [0.25, 0.3) is 10.9 Å². The minimum atomic E-state index is -0.0289. The molecule has 34 heavy (non-hydrogen) atoms. The van der Waals surface area contributed by atoms with Gasteiger partial charge in [0.2, 0.25) is 5.91 Å². The molecular formula is C26H27N5O2S. The van der Waals surface area contributed by atoms with Crippen molar-refractivity contribution in [1.29, 1.82) is 5.26 Å². The minimum absolute atomic E-state index is 0.0289. The lowest BCUT2D eigenvalue weighted by Gasteiger charge is -2.32. The maximum Gasteiger partial charge on any atom is 0.251 e. The van der Waals surface area contributed by atoms with E-state index >= 15 is 0 Å². The second-order valence-corrected chi connectivity index (χ2v) is 9.89. The topological polar surface area (TPSA) is 90.2 Å². The van der Waals surface area contributed by atoms with Gasteiger partial charge >= 0.3 is 0 Å². The van der Waals surface area contributed by atoms with Crippen LogP contribution in [0.2, 0.25) is 0 Å². The number of thioether (sulfide) groups is 1. The Labute approximate surface area is 202 Å². The van der Waals surface area contributed by atoms with Crippen molar-refractivity contribution in [3.63, 3.8) is 0 Å². The highest BCUT2D eigenvalue weighted by atomic mass is 32.2. The van der Waals surface area contributed by atoms with Gasteiger partial charge < -0.3 is 20.1 Å². The van der Waals surface area contributed by atoms with Crippen LogP contribution in [-0.4, -0.2) is 46.8 Å². The number of hydrogen-bond donors (Lipinski definition) is 2. The maximum atomic E-state index is 12.5. The first-order chi connectivity index (χ1) is 16.6. The Bertz CT molecular complexity index is 1320. The summed E-state index contributed by atoms with van der Waals surface area (Å²) >= 11 is 1.58. The zero-order chi connectivity index (χ0) is 23.5. The van der Waals surface area contributed by atoms with Crippen LogP contribution in [0.4, 0.5) is 5.69 Å². The summed E-state index contributed by atoms with van der Waals surface area (Å²) in [6.45, 7) is 4.17. The number of nitrogens with one attached hydrogen (secondary N) is 2. The summed E-state index contributed by atoms with van der Waals surface area (Å²) in [5.74, 6) is 0.547. The van der Waals surface area contributed by atoms with E-state index in [1.165, 1.54) is 5.56 Å². The fourth-order valence-corrected chi connectivity index (χ4v) is 5.48. The number of aromatic nitrogens is 1. The molecule has 2 aliphatic heterocycles. The monoisotopic (exact) mass is 473 g/mol. The van der Waals surface area contributed by atoms with E-state index in [-0.39, 0.29) is 11.5 Å². The van der Waals surface area contributed by atoms with Gasteiger partial charge in [-0.25, -0.2) is 0 Å². The number of carbonyl (C=O) groups is 1. The van der Waals surface area contributed by atoms with Crippen molar-refractivity contribution in [1.82, 2.24) is 14.8 Å². The Balaban J connectivity index is 1.14. The molecule has 8 heteroatoms. The number of fused-ring (bicyclic) bond motifs is 2. The van der Waals surface area contributed by atoms with E-state index in [0.29, 0.717) is 23.9 Å². The molecular weight excluding hydrogens is 446 g/mol. The van der Waals surface area contributed by atoms with Crippen molar-refractivity contribution in [2.24, 2.45) is 0 Å². The van der Waals surface area contributed by atoms with Crippen molar-refractivity contribution in [3.05, 3.63) is 70.0 Å². The average molecular weight is 474 g/mol. The van der Waals surface area contributed by atoms with Gasteiger partial charge in [0.05, 0.1) is 28.6 Å². The van der Waals surface area contributed by atoms with Crippen molar-refractivity contribution < 1.29 is 4.79 Å². The highest BCUT2D eigenvalue weighted by Gasteiger charge is 2.20. The zero-order valence-corrected chi connectivity index (χ0v) is 19.7. The van der Waals surface area contributed by atoms with Gasteiger partial charge in [-0.05, 0) is 67.2 Å². The number of likely N-dealkylation sites (tertiary alicyclic amines) is 1. The van der Waals surface area contributed by atoms with Crippen LogP contribution in [0.1, 0.15) is 24.0 Å². The summed E-state index contributed by atoms with van der Waals surface area (Å²) in [5.41, 5.74) is 3.46. The molecule has 0 atom stereocenters. The second-order valence-electron chi connectivity index (χ2n) is 8.87. The van der Waals surface area contributed by atoms with Gasteiger partial charge in [0.25, 0.3) is 5.56 Å². The van der Waals surface area contributed by atoms with Crippen LogP contribution in [0.3, 0.4) is 0 Å². The second kappa shape index (κ2) is 10.0. The molecule has 1 aromatic heterocycles. The van der Waals surface area contributed by atoms with E-state index in [0.717, 1.165) is 60.5 Å². The summed E-state index contributed by atoms with van der Waals surface area (Å²) < 4.78 is 1.79. The van der Waals surface area contributed by atoms with Gasteiger partial charge in [0.1, 0.15) is 0 Å². The number of piperidine rings is 1. The summed E-state index contributed by atoms with van der Waals surface area (Å²) in [7, 11) is 0. The van der Waals surface area contributed by atoms with Crippen LogP contribution < -0.4 is 16.2 Å². The van der Waals surface area contributed by atoms with Crippen molar-refractivity contribution in [3.8, 4) is 6.07 Å². The molecule has 7 nitrogen and oxygen atoms in total. The number of nitrogens with zero attached hydrogens (tertiary/aromatic N) is 3. The predicted octanol–water partition coefficient (Wildman–Crippen LogP) is 3.17. The van der Waals surface area contributed by atoms with Crippen LogP contribution in [0.5, 0.6) is 0 Å². The molecule has 1 fully saturated rings. The maximum absolute atomic E-state index is 12.5. The van der Waals surface area contributed by atoms with E-state index in [9.17, 15) is 14.9 Å². The summed E-state index contributed by atoms with van der Waals surface area (Å²) in [4.78, 5) is 27.7. The van der Waals surface area contributed by atoms with Gasteiger partial charge in [0, 0.05) is 36.6 Å². The Kier molecular flexibility index (Phi) is 6.68. The zero-order valence-electron chi connectivity index (χ0n) is 18.9. The molecule has 0 radical (unpaired) electrons. The first-order valence-electron chi connectivity index (χ1n) is 11.6. The molecule has 3 aromatic rings. The lowest BCUT2D eigenvalue weighted by molar-refractivity contribution is -0.113. The van der Waals surface area contributed by atoms with Gasteiger partial charge in [-0.1, -0.05) is 12.1 Å². The molecule has 0 aliphatic carbocycles. The Morgan fingerprint density at radius 1 is 1.06 bits per heavy atom. The number of hydrogen-bond acceptors (Lipinski definition) is 6. The molecule has 174 valence electrons. The molecule has 1 amide bonds. The number of amides is 1. The highest BCUT2D eigenvalue weighted by Crippen LogP contribution is 2.32. The molecule has 1 saturated heterocycles. The third-order valence-electron chi connectivity index (χ3n) is 6.62. The number of rotatable bonds is 6. The van der Waals surface area contributed by atoms with Gasteiger partial charge in [-0.3, -0.25) is 9.59 Å². The summed E-state index contributed by atoms with van der Waals surface area (Å²) in [6, 6.07) is 17.8. The van der Waals surface area contributed by atoms with Crippen molar-refractivity contribution in [2.45, 2.75) is 36.9 Å². The third kappa shape index (κ3) is 5.02. The Morgan fingerprint density at radius 3 is 2.71 bits per heavy atom. The van der Waals surface area contributed by atoms with E-state index in [2.05, 4.69) is 39.8 Å². The number of nitriles is 1. The van der Waals surface area contributed by atoms with Crippen LogP contribution in [-0.2, 0) is 17.9 Å². The van der Waals surface area contributed by atoms with Crippen LogP contribution >= 0.6 is 11.8 Å². The first-order valence-corrected chi connectivity index (χ1v) is 12.6. The molecule has 3 heterocycles. The van der Waals surface area contributed by atoms with E-state index in [4.69, 9.17) is 0 Å². The first kappa shape index (κ1) is 22.7. The van der Waals surface area contributed by atoms with E-state index in [1.807, 2.05) is 12.1 Å². The molecule has 2 aromatic carbocycles. The summed E-state index contributed by atoms with van der Waals surface area (Å²) in [6.07, 6.45) is 2.11. The molecule has 0 unspecified atom stereocenters. The lowest BCUT2D eigenvalue weighted by atomic mass is 10.0. The van der Waals surface area contributed by atoms with Crippen molar-refractivity contribution in [2.75, 3.05) is 30.7 Å². The fourth-order valence-electron chi connectivity index (χ4n) is 4.69. The average Bonchev–Trinajstić information content (AvgIpc) is 2.87. The molecule has 0 spiro atoms. The smallest absolute Gasteiger partial charge is 0.251 e. The predicted molar refractivity (Wildman–Crippen MR) is 135 cm³/mol. The molecule has 0 bridgehead atoms. The standard InChI is InChI=1S/C26H27N5O2S/c27-15-18-1-3-20-4-6-26(33)31(23(20)14-18)12-11-30-9-7-21(8-10-30)28-16-19-2-5-24-22(13-19)29-25(32)17-34-24/h1-6,13-14,21,28H,7-12,16-17H2,(H,29,32). The Morgan fingerprint density at radius 2 is 1.88 bits per heavy atom. The van der Waals surface area contributed by atoms with Crippen molar-refractivity contribution >= 4 is 34.3 Å². The SMILES string of the molecule is N#Cc1ccc2ccc(=O)n(CCN3CCC(NCc4ccc5c(c4)NC(=O)CS5)CC3)c2c1. The van der Waals surface area contributed by atoms with E-state index < -0.39 is 0 Å². The minimum Gasteiger partial charge on any atom is -0.324 e. The number of pyridine rings is 1. The molecule has 2 aliphatic rings. The molecule has 2 N–H and O–H groups in total. The summed E-state index contributed by atoms with van der Waals surface area (Å²) in [5, 5.41) is 16.8. The number of benzene rings is 2. The van der Waals surface area contributed by atoms with Gasteiger partial charge in [-0.15, -0.1) is 11.8 Å². The van der Waals surface area contributed by atoms with E-state index in [1.54, 1.807) is 34.5 Å². The highest BCUT2D eigenvalue weighted by molar-refractivity contribution is 8.00. The molecule has 5 rings (SSSR count).